The normalized spacial score (nSPS) is 24.1. The van der Waals surface area contributed by atoms with E-state index >= 15 is 0 Å². The Kier molecular flexibility index (Phi) is 12.8. The molecule has 2 saturated heterocycles. The lowest BCUT2D eigenvalue weighted by molar-refractivity contribution is -0.154. The molecule has 0 saturated carbocycles. The number of rotatable bonds is 8. The highest BCUT2D eigenvalue weighted by molar-refractivity contribution is 5.83. The second-order valence-electron chi connectivity index (χ2n) is 11.6. The van der Waals surface area contributed by atoms with Crippen LogP contribution in [0.1, 0.15) is 31.9 Å². The van der Waals surface area contributed by atoms with Crippen molar-refractivity contribution >= 4 is 24.1 Å². The summed E-state index contributed by atoms with van der Waals surface area (Å²) in [5.74, 6) is -2.14. The number of nitrogens with zero attached hydrogens (tertiary/aromatic N) is 2. The maximum Gasteiger partial charge on any atom is 0.411 e. The maximum absolute atomic E-state index is 14.4. The van der Waals surface area contributed by atoms with E-state index in [0.29, 0.717) is 0 Å². The number of carboxylic acids is 1. The van der Waals surface area contributed by atoms with Gasteiger partial charge in [0.05, 0.1) is 13.1 Å². The summed E-state index contributed by atoms with van der Waals surface area (Å²) < 4.78 is 53.7. The van der Waals surface area contributed by atoms with Gasteiger partial charge in [-0.1, -0.05) is 60.7 Å². The SMILES string of the molecule is CO[C@@H]1CN(C(=O)OC(C)(C)C)[C@H](C(=O)O)[C@H]1F.CO[C@H]1[C@@H](C(=O)OCc2ccccc2)N(C(=O)OCc2ccccc2)C[C@@H]1F. The van der Waals surface area contributed by atoms with Crippen LogP contribution >= 0.6 is 0 Å². The van der Waals surface area contributed by atoms with Crippen LogP contribution in [0.2, 0.25) is 0 Å². The number of carbonyl (C=O) groups is 4. The standard InChI is InChI=1S/C21H22FNO5.C11H18FNO5/c1-26-19-17(22)12-23(21(25)28-14-16-10-6-3-7-11-16)18(19)20(24)27-13-15-8-4-2-5-9-15;1-11(2,3)18-10(16)13-5-6(17-4)7(12)8(13)9(14)15/h2-11,17-19H,12-14H2,1H3;6-8H,5H2,1-4H3,(H,14,15)/t17-,18-,19+;6-,7+,8+/m01/s1. The number of ether oxygens (including phenoxy) is 5. The molecule has 2 heterocycles. The lowest BCUT2D eigenvalue weighted by Gasteiger charge is -2.26. The molecule has 4 rings (SSSR count). The van der Waals surface area contributed by atoms with Gasteiger partial charge in [0.15, 0.2) is 18.3 Å². The van der Waals surface area contributed by atoms with Crippen LogP contribution in [0.5, 0.6) is 0 Å². The average molecular weight is 651 g/mol. The van der Waals surface area contributed by atoms with Crippen molar-refractivity contribution in [3.05, 3.63) is 71.8 Å². The average Bonchev–Trinajstić information content (AvgIpc) is 3.55. The van der Waals surface area contributed by atoms with Crippen LogP contribution in [-0.2, 0) is 46.5 Å². The predicted octanol–water partition coefficient (Wildman–Crippen LogP) is 4.15. The van der Waals surface area contributed by atoms with Gasteiger partial charge >= 0.3 is 24.1 Å². The van der Waals surface area contributed by atoms with E-state index in [9.17, 15) is 28.0 Å². The summed E-state index contributed by atoms with van der Waals surface area (Å²) >= 11 is 0. The van der Waals surface area contributed by atoms with Crippen molar-refractivity contribution in [1.29, 1.82) is 0 Å². The largest absolute Gasteiger partial charge is 0.480 e. The van der Waals surface area contributed by atoms with Gasteiger partial charge in [0, 0.05) is 14.2 Å². The molecule has 0 unspecified atom stereocenters. The minimum Gasteiger partial charge on any atom is -0.480 e. The summed E-state index contributed by atoms with van der Waals surface area (Å²) in [6, 6.07) is 15.4. The van der Waals surface area contributed by atoms with Gasteiger partial charge in [-0.25, -0.2) is 28.0 Å². The van der Waals surface area contributed by atoms with Crippen LogP contribution in [0, 0.1) is 0 Å². The number of halogens is 2. The fourth-order valence-corrected chi connectivity index (χ4v) is 4.89. The molecule has 14 heteroatoms. The molecule has 2 aliphatic heterocycles. The van der Waals surface area contributed by atoms with Crippen LogP contribution in [-0.4, -0.2) is 109 Å². The van der Waals surface area contributed by atoms with Gasteiger partial charge in [-0.2, -0.15) is 0 Å². The Morgan fingerprint density at radius 2 is 1.30 bits per heavy atom. The van der Waals surface area contributed by atoms with E-state index in [-0.39, 0.29) is 26.3 Å². The highest BCUT2D eigenvalue weighted by Crippen LogP contribution is 2.27. The summed E-state index contributed by atoms with van der Waals surface area (Å²) in [5.41, 5.74) is 0.813. The summed E-state index contributed by atoms with van der Waals surface area (Å²) in [5, 5.41) is 8.97. The number of carbonyl (C=O) groups excluding carboxylic acids is 3. The molecule has 2 fully saturated rings. The second kappa shape index (κ2) is 16.3. The first-order valence-electron chi connectivity index (χ1n) is 14.5. The van der Waals surface area contributed by atoms with Crippen LogP contribution in [0.25, 0.3) is 0 Å². The first-order chi connectivity index (χ1) is 21.8. The van der Waals surface area contributed by atoms with E-state index < -0.39 is 66.4 Å². The summed E-state index contributed by atoms with van der Waals surface area (Å²) in [6.07, 6.45) is -6.96. The number of hydrogen-bond donors (Lipinski definition) is 1. The molecular formula is C32H40F2N2O10. The number of amides is 2. The second-order valence-corrected chi connectivity index (χ2v) is 11.6. The van der Waals surface area contributed by atoms with E-state index in [1.54, 1.807) is 45.0 Å². The molecular weight excluding hydrogens is 610 g/mol. The predicted molar refractivity (Wildman–Crippen MR) is 159 cm³/mol. The van der Waals surface area contributed by atoms with E-state index in [2.05, 4.69) is 0 Å². The van der Waals surface area contributed by atoms with Crippen LogP contribution in [0.4, 0.5) is 18.4 Å². The Morgan fingerprint density at radius 3 is 1.78 bits per heavy atom. The van der Waals surface area contributed by atoms with Crippen LogP contribution in [0.3, 0.4) is 0 Å². The summed E-state index contributed by atoms with van der Waals surface area (Å²) in [4.78, 5) is 49.8. The molecule has 46 heavy (non-hydrogen) atoms. The Hall–Kier alpha value is -4.30. The van der Waals surface area contributed by atoms with Crippen molar-refractivity contribution in [1.82, 2.24) is 9.80 Å². The molecule has 2 aromatic carbocycles. The van der Waals surface area contributed by atoms with Crippen LogP contribution in [0.15, 0.2) is 60.7 Å². The van der Waals surface area contributed by atoms with Gasteiger partial charge in [-0.15, -0.1) is 0 Å². The van der Waals surface area contributed by atoms with E-state index in [0.717, 1.165) is 20.9 Å². The van der Waals surface area contributed by atoms with Crippen molar-refractivity contribution in [3.8, 4) is 0 Å². The molecule has 0 aliphatic carbocycles. The minimum atomic E-state index is -1.76. The van der Waals surface area contributed by atoms with Crippen LogP contribution < -0.4 is 0 Å². The number of carboxylic acid groups (broad SMARTS) is 1. The van der Waals surface area contributed by atoms with Gasteiger partial charge in [0.1, 0.15) is 37.2 Å². The monoisotopic (exact) mass is 650 g/mol. The molecule has 2 aromatic rings. The van der Waals surface area contributed by atoms with Gasteiger partial charge in [0.25, 0.3) is 0 Å². The lowest BCUT2D eigenvalue weighted by Crippen LogP contribution is -2.47. The zero-order chi connectivity index (χ0) is 34.0. The topological polar surface area (TPSA) is 141 Å². The number of likely N-dealkylation sites (tertiary alicyclic amines) is 2. The molecule has 6 atom stereocenters. The number of alkyl halides is 2. The van der Waals surface area contributed by atoms with Gasteiger partial charge in [-0.3, -0.25) is 9.80 Å². The Morgan fingerprint density at radius 1 is 0.783 bits per heavy atom. The first-order valence-corrected chi connectivity index (χ1v) is 14.5. The minimum absolute atomic E-state index is 0.0243. The molecule has 252 valence electrons. The van der Waals surface area contributed by atoms with E-state index in [4.69, 9.17) is 28.8 Å². The van der Waals surface area contributed by atoms with Crippen molar-refractivity contribution in [2.24, 2.45) is 0 Å². The summed E-state index contributed by atoms with van der Waals surface area (Å²) in [7, 11) is 2.57. The third-order valence-electron chi connectivity index (χ3n) is 7.10. The number of hydrogen-bond acceptors (Lipinski definition) is 9. The van der Waals surface area contributed by atoms with Crippen molar-refractivity contribution < 1.29 is 56.7 Å². The number of aliphatic carboxylic acids is 1. The molecule has 0 spiro atoms. The quantitative estimate of drug-likeness (QED) is 0.327. The summed E-state index contributed by atoms with van der Waals surface area (Å²) in [6.45, 7) is 4.57. The maximum atomic E-state index is 14.4. The molecule has 1 N–H and O–H groups in total. The fraction of sp³-hybridized carbons (Fsp3) is 0.500. The Labute approximate surface area is 266 Å². The third-order valence-corrected chi connectivity index (χ3v) is 7.10. The Bertz CT molecular complexity index is 1310. The van der Waals surface area contributed by atoms with Crippen molar-refractivity contribution in [2.45, 2.75) is 76.2 Å². The fourth-order valence-electron chi connectivity index (χ4n) is 4.89. The molecule has 0 aromatic heterocycles. The van der Waals surface area contributed by atoms with Crippen molar-refractivity contribution in [2.75, 3.05) is 27.3 Å². The van der Waals surface area contributed by atoms with Gasteiger partial charge < -0.3 is 28.8 Å². The molecule has 0 bridgehead atoms. The molecule has 0 radical (unpaired) electrons. The lowest BCUT2D eigenvalue weighted by atomic mass is 10.1. The van der Waals surface area contributed by atoms with Crippen molar-refractivity contribution in [3.63, 3.8) is 0 Å². The number of methoxy groups -OCH3 is 2. The highest BCUT2D eigenvalue weighted by Gasteiger charge is 2.51. The molecule has 2 amide bonds. The Balaban J connectivity index is 0.000000277. The number of esters is 1. The van der Waals surface area contributed by atoms with E-state index in [1.165, 1.54) is 14.2 Å². The smallest absolute Gasteiger partial charge is 0.411 e. The highest BCUT2D eigenvalue weighted by atomic mass is 19.1. The van der Waals surface area contributed by atoms with Gasteiger partial charge in [0.2, 0.25) is 0 Å². The third kappa shape index (κ3) is 9.60. The first kappa shape index (κ1) is 36.2. The zero-order valence-electron chi connectivity index (χ0n) is 26.3. The molecule has 2 aliphatic rings. The zero-order valence-corrected chi connectivity index (χ0v) is 26.3. The molecule has 12 nitrogen and oxygen atoms in total. The van der Waals surface area contributed by atoms with E-state index in [1.807, 2.05) is 36.4 Å². The van der Waals surface area contributed by atoms with Gasteiger partial charge in [-0.05, 0) is 31.9 Å². The number of benzene rings is 2.